The van der Waals surface area contributed by atoms with Gasteiger partial charge in [-0.1, -0.05) is 0 Å². The van der Waals surface area contributed by atoms with Gasteiger partial charge in [-0.05, 0) is 18.8 Å². The molecule has 2 rings (SSSR count). The van der Waals surface area contributed by atoms with E-state index < -0.39 is 11.8 Å². The van der Waals surface area contributed by atoms with Crippen LogP contribution in [-0.2, 0) is 9.59 Å². The lowest BCUT2D eigenvalue weighted by Crippen LogP contribution is -2.44. The highest BCUT2D eigenvalue weighted by molar-refractivity contribution is 6.35. The topological polar surface area (TPSA) is 95.7 Å². The van der Waals surface area contributed by atoms with Crippen LogP contribution in [0.15, 0.2) is 0 Å². The lowest BCUT2D eigenvalue weighted by atomic mass is 10.00. The Labute approximate surface area is 100 Å². The number of nitrogens with two attached hydrogens (primary N) is 1. The highest BCUT2D eigenvalue weighted by atomic mass is 16.3. The van der Waals surface area contributed by atoms with Gasteiger partial charge in [0, 0.05) is 32.1 Å². The Morgan fingerprint density at radius 1 is 1.35 bits per heavy atom. The summed E-state index contributed by atoms with van der Waals surface area (Å²) < 4.78 is 0. The second-order valence-electron chi connectivity index (χ2n) is 4.82. The number of hydrogen-bond acceptors (Lipinski definition) is 4. The van der Waals surface area contributed by atoms with Crippen molar-refractivity contribution in [3.05, 3.63) is 0 Å². The number of fused-ring (bicyclic) bond motifs is 1. The maximum atomic E-state index is 11.8. The van der Waals surface area contributed by atoms with E-state index in [4.69, 9.17) is 5.73 Å². The van der Waals surface area contributed by atoms with Gasteiger partial charge in [-0.3, -0.25) is 9.59 Å². The zero-order chi connectivity index (χ0) is 12.4. The van der Waals surface area contributed by atoms with Crippen molar-refractivity contribution in [3.8, 4) is 0 Å². The molecule has 6 heteroatoms. The average Bonchev–Trinajstić information content (AvgIpc) is 2.88. The second kappa shape index (κ2) is 5.01. The number of nitrogens with zero attached hydrogens (tertiary/aromatic N) is 1. The summed E-state index contributed by atoms with van der Waals surface area (Å²) in [4.78, 5) is 24.8. The monoisotopic (exact) mass is 241 g/mol. The lowest BCUT2D eigenvalue weighted by molar-refractivity contribution is -0.145. The van der Waals surface area contributed by atoms with Crippen molar-refractivity contribution >= 4 is 11.8 Å². The summed E-state index contributed by atoms with van der Waals surface area (Å²) in [6.45, 7) is 1.73. The molecule has 3 atom stereocenters. The molecule has 0 aromatic rings. The average molecular weight is 241 g/mol. The van der Waals surface area contributed by atoms with Crippen molar-refractivity contribution in [2.75, 3.05) is 26.2 Å². The molecule has 4 N–H and O–H groups in total. The fraction of sp³-hybridized carbons (Fsp3) is 0.818. The van der Waals surface area contributed by atoms with Gasteiger partial charge in [0.2, 0.25) is 0 Å². The maximum Gasteiger partial charge on any atom is 0.311 e. The zero-order valence-electron chi connectivity index (χ0n) is 9.76. The van der Waals surface area contributed by atoms with Crippen LogP contribution in [-0.4, -0.2) is 54.1 Å². The van der Waals surface area contributed by atoms with Gasteiger partial charge in [0.15, 0.2) is 0 Å². The summed E-state index contributed by atoms with van der Waals surface area (Å²) in [6, 6.07) is 0. The summed E-state index contributed by atoms with van der Waals surface area (Å²) >= 11 is 0. The summed E-state index contributed by atoms with van der Waals surface area (Å²) in [7, 11) is 0. The van der Waals surface area contributed by atoms with E-state index in [1.54, 1.807) is 4.90 Å². The molecule has 2 aliphatic rings. The van der Waals surface area contributed by atoms with Crippen LogP contribution in [0.5, 0.6) is 0 Å². The first-order chi connectivity index (χ1) is 8.13. The molecule has 2 amide bonds. The van der Waals surface area contributed by atoms with E-state index in [0.29, 0.717) is 32.1 Å². The Hall–Kier alpha value is -1.14. The summed E-state index contributed by atoms with van der Waals surface area (Å²) in [5, 5.41) is 12.2. The highest BCUT2D eigenvalue weighted by Crippen LogP contribution is 2.37. The molecule has 17 heavy (non-hydrogen) atoms. The number of aliphatic hydroxyl groups is 1. The molecule has 0 aromatic heterocycles. The number of aliphatic hydroxyl groups excluding tert-OH is 1. The number of carbonyl (C=O) groups excluding carboxylic acids is 2. The quantitative estimate of drug-likeness (QED) is 0.502. The first kappa shape index (κ1) is 12.3. The largest absolute Gasteiger partial charge is 0.393 e. The molecule has 0 bridgehead atoms. The number of rotatable bonds is 2. The minimum absolute atomic E-state index is 0.154. The molecule has 1 heterocycles. The maximum absolute atomic E-state index is 11.8. The number of hydrogen-bond donors (Lipinski definition) is 3. The zero-order valence-corrected chi connectivity index (χ0v) is 9.76. The second-order valence-corrected chi connectivity index (χ2v) is 4.82. The Morgan fingerprint density at radius 2 is 2.12 bits per heavy atom. The molecule has 0 spiro atoms. The lowest BCUT2D eigenvalue weighted by Gasteiger charge is -2.17. The van der Waals surface area contributed by atoms with Gasteiger partial charge in [-0.25, -0.2) is 0 Å². The van der Waals surface area contributed by atoms with Gasteiger partial charge in [0.25, 0.3) is 0 Å². The van der Waals surface area contributed by atoms with E-state index in [2.05, 4.69) is 5.32 Å². The first-order valence-corrected chi connectivity index (χ1v) is 6.08. The fourth-order valence-electron chi connectivity index (χ4n) is 2.81. The predicted octanol–water partition coefficient (Wildman–Crippen LogP) is -1.71. The summed E-state index contributed by atoms with van der Waals surface area (Å²) in [5.74, 6) is -0.581. The molecule has 1 aliphatic heterocycles. The molecule has 3 unspecified atom stereocenters. The third-order valence-electron chi connectivity index (χ3n) is 3.73. The van der Waals surface area contributed by atoms with Crippen LogP contribution in [0.4, 0.5) is 0 Å². The first-order valence-electron chi connectivity index (χ1n) is 6.08. The third kappa shape index (κ3) is 2.42. The minimum atomic E-state index is -0.593. The molecular weight excluding hydrogens is 222 g/mol. The van der Waals surface area contributed by atoms with Crippen molar-refractivity contribution in [2.24, 2.45) is 17.6 Å². The smallest absolute Gasteiger partial charge is 0.311 e. The Balaban J connectivity index is 1.88. The Kier molecular flexibility index (Phi) is 3.63. The molecule has 96 valence electrons. The van der Waals surface area contributed by atoms with E-state index in [0.717, 1.165) is 12.8 Å². The van der Waals surface area contributed by atoms with Gasteiger partial charge in [-0.15, -0.1) is 0 Å². The Bertz CT molecular complexity index is 321. The van der Waals surface area contributed by atoms with Gasteiger partial charge in [0.1, 0.15) is 0 Å². The molecule has 1 saturated heterocycles. The van der Waals surface area contributed by atoms with Crippen molar-refractivity contribution in [3.63, 3.8) is 0 Å². The van der Waals surface area contributed by atoms with Crippen LogP contribution in [0, 0.1) is 11.8 Å². The van der Waals surface area contributed by atoms with E-state index in [1.165, 1.54) is 0 Å². The van der Waals surface area contributed by atoms with Crippen LogP contribution in [0.1, 0.15) is 12.8 Å². The van der Waals surface area contributed by atoms with E-state index in [1.807, 2.05) is 0 Å². The molecule has 0 radical (unpaired) electrons. The summed E-state index contributed by atoms with van der Waals surface area (Å²) in [6.07, 6.45) is 1.45. The normalized spacial score (nSPS) is 31.4. The van der Waals surface area contributed by atoms with Crippen LogP contribution in [0.2, 0.25) is 0 Å². The summed E-state index contributed by atoms with van der Waals surface area (Å²) in [5.41, 5.74) is 5.25. The number of carbonyl (C=O) groups is 2. The molecule has 1 saturated carbocycles. The SMILES string of the molecule is NCCNC(=O)C(=O)N1CC2CCC(O)C2C1. The number of likely N-dealkylation sites (tertiary alicyclic amines) is 1. The molecule has 1 aliphatic carbocycles. The van der Waals surface area contributed by atoms with E-state index >= 15 is 0 Å². The van der Waals surface area contributed by atoms with Crippen LogP contribution >= 0.6 is 0 Å². The van der Waals surface area contributed by atoms with Gasteiger partial charge >= 0.3 is 11.8 Å². The highest BCUT2D eigenvalue weighted by Gasteiger charge is 2.44. The van der Waals surface area contributed by atoms with E-state index in [-0.39, 0.29) is 12.0 Å². The van der Waals surface area contributed by atoms with Crippen molar-refractivity contribution in [1.29, 1.82) is 0 Å². The van der Waals surface area contributed by atoms with Crippen LogP contribution < -0.4 is 11.1 Å². The van der Waals surface area contributed by atoms with Crippen LogP contribution in [0.25, 0.3) is 0 Å². The molecule has 6 nitrogen and oxygen atoms in total. The van der Waals surface area contributed by atoms with Gasteiger partial charge in [-0.2, -0.15) is 0 Å². The fourth-order valence-corrected chi connectivity index (χ4v) is 2.81. The van der Waals surface area contributed by atoms with Gasteiger partial charge in [0.05, 0.1) is 6.10 Å². The Morgan fingerprint density at radius 3 is 2.76 bits per heavy atom. The van der Waals surface area contributed by atoms with E-state index in [9.17, 15) is 14.7 Å². The molecule has 2 fully saturated rings. The third-order valence-corrected chi connectivity index (χ3v) is 3.73. The predicted molar refractivity (Wildman–Crippen MR) is 60.9 cm³/mol. The van der Waals surface area contributed by atoms with Crippen molar-refractivity contribution in [1.82, 2.24) is 10.2 Å². The standard InChI is InChI=1S/C11H19N3O3/c12-3-4-13-10(16)11(17)14-5-7-1-2-9(15)8(7)6-14/h7-9,15H,1-6,12H2,(H,13,16). The van der Waals surface area contributed by atoms with Crippen LogP contribution in [0.3, 0.4) is 0 Å². The molecular formula is C11H19N3O3. The van der Waals surface area contributed by atoms with Crippen molar-refractivity contribution in [2.45, 2.75) is 18.9 Å². The molecule has 0 aromatic carbocycles. The van der Waals surface area contributed by atoms with Gasteiger partial charge < -0.3 is 21.1 Å². The number of amides is 2. The number of nitrogens with one attached hydrogen (secondary N) is 1. The minimum Gasteiger partial charge on any atom is -0.393 e. The van der Waals surface area contributed by atoms with Crippen molar-refractivity contribution < 1.29 is 14.7 Å².